The number of nitrogens with one attached hydrogen (secondary N) is 1. The highest BCUT2D eigenvalue weighted by Gasteiger charge is 2.23. The van der Waals surface area contributed by atoms with Crippen LogP contribution in [0.5, 0.6) is 0 Å². The van der Waals surface area contributed by atoms with Gasteiger partial charge in [-0.25, -0.2) is 0 Å². The van der Waals surface area contributed by atoms with Crippen molar-refractivity contribution in [2.24, 2.45) is 11.8 Å². The molecule has 0 aliphatic heterocycles. The van der Waals surface area contributed by atoms with E-state index in [1.54, 1.807) is 7.11 Å². The van der Waals surface area contributed by atoms with Crippen molar-refractivity contribution in [3.05, 3.63) is 28.2 Å². The second-order valence-electron chi connectivity index (χ2n) is 6.20. The molecule has 0 amide bonds. The Kier molecular flexibility index (Phi) is 5.91. The van der Waals surface area contributed by atoms with Gasteiger partial charge in [-0.3, -0.25) is 0 Å². The molecule has 1 aliphatic carbocycles. The molecule has 2 nitrogen and oxygen atoms in total. The number of methoxy groups -OCH3 is 1. The molecule has 1 aromatic rings. The van der Waals surface area contributed by atoms with Crippen LogP contribution in [0.2, 0.25) is 0 Å². The van der Waals surface area contributed by atoms with Crippen molar-refractivity contribution < 1.29 is 4.74 Å². The summed E-state index contributed by atoms with van der Waals surface area (Å²) in [5.74, 6) is 1.74. The maximum atomic E-state index is 5.32. The average molecular weight is 340 g/mol. The SMILES string of the molecule is COCc1c(Br)cccc1NC1CCC(C(C)C)CC1. The summed E-state index contributed by atoms with van der Waals surface area (Å²) in [5.41, 5.74) is 2.44. The molecule has 0 heterocycles. The molecule has 0 aromatic heterocycles. The number of benzene rings is 1. The predicted octanol–water partition coefficient (Wildman–Crippen LogP) is 5.22. The molecule has 1 aromatic carbocycles. The number of ether oxygens (including phenoxy) is 1. The molecule has 1 fully saturated rings. The summed E-state index contributed by atoms with van der Waals surface area (Å²) in [4.78, 5) is 0. The van der Waals surface area contributed by atoms with Crippen molar-refractivity contribution in [3.8, 4) is 0 Å². The van der Waals surface area contributed by atoms with E-state index in [4.69, 9.17) is 4.74 Å². The number of hydrogen-bond donors (Lipinski definition) is 1. The van der Waals surface area contributed by atoms with Gasteiger partial charge < -0.3 is 10.1 Å². The van der Waals surface area contributed by atoms with Gasteiger partial charge in [0, 0.05) is 28.9 Å². The van der Waals surface area contributed by atoms with E-state index in [1.165, 1.54) is 36.9 Å². The number of hydrogen-bond acceptors (Lipinski definition) is 2. The first-order chi connectivity index (χ1) is 9.61. The van der Waals surface area contributed by atoms with Gasteiger partial charge in [0.15, 0.2) is 0 Å². The van der Waals surface area contributed by atoms with Gasteiger partial charge in [-0.2, -0.15) is 0 Å². The van der Waals surface area contributed by atoms with Crippen LogP contribution in [0, 0.1) is 11.8 Å². The van der Waals surface area contributed by atoms with E-state index in [2.05, 4.69) is 53.3 Å². The molecule has 1 saturated carbocycles. The maximum Gasteiger partial charge on any atom is 0.0744 e. The number of anilines is 1. The summed E-state index contributed by atoms with van der Waals surface area (Å²) in [6, 6.07) is 6.93. The van der Waals surface area contributed by atoms with Crippen LogP contribution in [0.1, 0.15) is 45.1 Å². The Hall–Kier alpha value is -0.540. The van der Waals surface area contributed by atoms with Crippen molar-refractivity contribution in [1.29, 1.82) is 0 Å². The molecule has 2 rings (SSSR count). The van der Waals surface area contributed by atoms with Crippen molar-refractivity contribution in [3.63, 3.8) is 0 Å². The molecule has 0 unspecified atom stereocenters. The molecule has 0 saturated heterocycles. The van der Waals surface area contributed by atoms with Crippen molar-refractivity contribution in [2.75, 3.05) is 12.4 Å². The fourth-order valence-electron chi connectivity index (χ4n) is 3.14. The summed E-state index contributed by atoms with van der Waals surface area (Å²) in [6.45, 7) is 5.35. The molecule has 1 aliphatic rings. The van der Waals surface area contributed by atoms with E-state index in [-0.39, 0.29) is 0 Å². The smallest absolute Gasteiger partial charge is 0.0744 e. The average Bonchev–Trinajstić information content (AvgIpc) is 2.43. The largest absolute Gasteiger partial charge is 0.382 e. The molecular weight excluding hydrogens is 314 g/mol. The van der Waals surface area contributed by atoms with E-state index in [9.17, 15) is 0 Å². The van der Waals surface area contributed by atoms with Crippen LogP contribution in [0.4, 0.5) is 5.69 Å². The predicted molar refractivity (Wildman–Crippen MR) is 89.1 cm³/mol. The van der Waals surface area contributed by atoms with Crippen molar-refractivity contribution in [1.82, 2.24) is 0 Å². The van der Waals surface area contributed by atoms with Gasteiger partial charge in [-0.15, -0.1) is 0 Å². The van der Waals surface area contributed by atoms with E-state index in [1.807, 2.05) is 0 Å². The molecule has 3 heteroatoms. The maximum absolute atomic E-state index is 5.32. The Balaban J connectivity index is 1.99. The minimum atomic E-state index is 0.606. The number of halogens is 1. The molecule has 0 atom stereocenters. The van der Waals surface area contributed by atoms with Gasteiger partial charge in [0.2, 0.25) is 0 Å². The standard InChI is InChI=1S/C17H26BrNO/c1-12(2)13-7-9-14(10-8-13)19-17-6-4-5-16(18)15(17)11-20-3/h4-6,12-14,19H,7-11H2,1-3H3. The second-order valence-corrected chi connectivity index (χ2v) is 7.05. The summed E-state index contributed by atoms with van der Waals surface area (Å²) in [5, 5.41) is 3.72. The monoisotopic (exact) mass is 339 g/mol. The first-order valence-corrected chi connectivity index (χ1v) is 8.44. The molecular formula is C17H26BrNO. The minimum absolute atomic E-state index is 0.606. The van der Waals surface area contributed by atoms with E-state index < -0.39 is 0 Å². The lowest BCUT2D eigenvalue weighted by Gasteiger charge is -2.32. The minimum Gasteiger partial charge on any atom is -0.382 e. The quantitative estimate of drug-likeness (QED) is 0.793. The van der Waals surface area contributed by atoms with Gasteiger partial charge in [0.05, 0.1) is 6.61 Å². The van der Waals surface area contributed by atoms with Crippen LogP contribution < -0.4 is 5.32 Å². The Morgan fingerprint density at radius 2 is 1.95 bits per heavy atom. The Morgan fingerprint density at radius 1 is 1.25 bits per heavy atom. The summed E-state index contributed by atoms with van der Waals surface area (Å²) in [6.07, 6.45) is 5.26. The highest BCUT2D eigenvalue weighted by molar-refractivity contribution is 9.10. The van der Waals surface area contributed by atoms with Crippen LogP contribution in [0.15, 0.2) is 22.7 Å². The topological polar surface area (TPSA) is 21.3 Å². The zero-order valence-corrected chi connectivity index (χ0v) is 14.4. The Labute approximate surface area is 131 Å². The van der Waals surface area contributed by atoms with Crippen LogP contribution >= 0.6 is 15.9 Å². The highest BCUT2D eigenvalue weighted by Crippen LogP contribution is 2.33. The van der Waals surface area contributed by atoms with E-state index in [0.717, 1.165) is 16.3 Å². The van der Waals surface area contributed by atoms with Crippen LogP contribution in [0.25, 0.3) is 0 Å². The van der Waals surface area contributed by atoms with Gasteiger partial charge in [-0.1, -0.05) is 35.8 Å². The lowest BCUT2D eigenvalue weighted by molar-refractivity contribution is 0.184. The van der Waals surface area contributed by atoms with E-state index >= 15 is 0 Å². The van der Waals surface area contributed by atoms with Gasteiger partial charge >= 0.3 is 0 Å². The van der Waals surface area contributed by atoms with Crippen molar-refractivity contribution >= 4 is 21.6 Å². The molecule has 0 radical (unpaired) electrons. The normalized spacial score (nSPS) is 23.1. The lowest BCUT2D eigenvalue weighted by atomic mass is 9.79. The molecule has 20 heavy (non-hydrogen) atoms. The van der Waals surface area contributed by atoms with Crippen molar-refractivity contribution in [2.45, 2.75) is 52.2 Å². The zero-order chi connectivity index (χ0) is 14.5. The first-order valence-electron chi connectivity index (χ1n) is 7.64. The third kappa shape index (κ3) is 3.98. The third-order valence-corrected chi connectivity index (χ3v) is 5.22. The summed E-state index contributed by atoms with van der Waals surface area (Å²) in [7, 11) is 1.75. The lowest BCUT2D eigenvalue weighted by Crippen LogP contribution is -2.28. The van der Waals surface area contributed by atoms with Gasteiger partial charge in [-0.05, 0) is 49.7 Å². The highest BCUT2D eigenvalue weighted by atomic mass is 79.9. The fourth-order valence-corrected chi connectivity index (χ4v) is 3.62. The molecule has 0 spiro atoms. The zero-order valence-electron chi connectivity index (χ0n) is 12.8. The Bertz CT molecular complexity index is 425. The van der Waals surface area contributed by atoms with Gasteiger partial charge in [0.1, 0.15) is 0 Å². The second kappa shape index (κ2) is 7.46. The fraction of sp³-hybridized carbons (Fsp3) is 0.647. The Morgan fingerprint density at radius 3 is 2.55 bits per heavy atom. The van der Waals surface area contributed by atoms with Crippen LogP contribution in [-0.4, -0.2) is 13.2 Å². The first kappa shape index (κ1) is 15.8. The summed E-state index contributed by atoms with van der Waals surface area (Å²) < 4.78 is 6.44. The molecule has 112 valence electrons. The number of rotatable bonds is 5. The van der Waals surface area contributed by atoms with Crippen LogP contribution in [-0.2, 0) is 11.3 Å². The summed E-state index contributed by atoms with van der Waals surface area (Å²) >= 11 is 3.62. The third-order valence-electron chi connectivity index (χ3n) is 4.48. The van der Waals surface area contributed by atoms with Crippen LogP contribution in [0.3, 0.4) is 0 Å². The van der Waals surface area contributed by atoms with Gasteiger partial charge in [0.25, 0.3) is 0 Å². The molecule has 1 N–H and O–H groups in total. The molecule has 0 bridgehead atoms. The van der Waals surface area contributed by atoms with E-state index in [0.29, 0.717) is 12.6 Å².